The molecule has 1 atom stereocenters. The lowest BCUT2D eigenvalue weighted by atomic mass is 10.0. The van der Waals surface area contributed by atoms with Crippen molar-refractivity contribution in [3.8, 4) is 5.75 Å². The summed E-state index contributed by atoms with van der Waals surface area (Å²) in [7, 11) is 1.58. The van der Waals surface area contributed by atoms with Gasteiger partial charge in [-0.25, -0.2) is 10.2 Å². The summed E-state index contributed by atoms with van der Waals surface area (Å²) in [6, 6.07) is 7.40. The molecule has 5 nitrogen and oxygen atoms in total. The van der Waals surface area contributed by atoms with Crippen LogP contribution < -0.4 is 10.2 Å². The van der Waals surface area contributed by atoms with Crippen molar-refractivity contribution in [3.63, 3.8) is 0 Å². The number of para-hydroxylation sites is 2. The Morgan fingerprint density at radius 1 is 1.29 bits per heavy atom. The van der Waals surface area contributed by atoms with E-state index in [1.54, 1.807) is 19.3 Å². The van der Waals surface area contributed by atoms with E-state index in [0.29, 0.717) is 30.9 Å². The number of hydrogen-bond acceptors (Lipinski definition) is 4. The molecule has 0 heterocycles. The number of methoxy groups -OCH3 is 1. The number of aldehydes is 1. The van der Waals surface area contributed by atoms with Crippen LogP contribution in [0, 0.1) is 5.92 Å². The van der Waals surface area contributed by atoms with Crippen molar-refractivity contribution in [3.05, 3.63) is 49.6 Å². The highest BCUT2D eigenvalue weighted by molar-refractivity contribution is 5.74. The Labute approximate surface area is 144 Å². The van der Waals surface area contributed by atoms with Gasteiger partial charge in [0.25, 0.3) is 0 Å². The molecule has 0 fully saturated rings. The molecule has 0 saturated carbocycles. The van der Waals surface area contributed by atoms with Crippen LogP contribution in [0.4, 0.5) is 5.69 Å². The summed E-state index contributed by atoms with van der Waals surface area (Å²) in [5.74, 6) is 0.270. The molecule has 0 spiro atoms. The van der Waals surface area contributed by atoms with Gasteiger partial charge >= 0.3 is 5.91 Å². The largest absolute Gasteiger partial charge is 0.494 e. The standard InChI is InChI=1S/C19H27N2O3/c1-5-12-21(13-6-2,19(23)14-16(7-3)15-22)20-17-10-8-9-11-18(17)24-4/h5-6,8-11,15-16,20H,1-2,7,12-14H2,3-4H3/q+1. The zero-order valence-corrected chi connectivity index (χ0v) is 14.5. The first-order valence-electron chi connectivity index (χ1n) is 8.05. The molecule has 0 saturated heterocycles. The van der Waals surface area contributed by atoms with E-state index in [1.807, 2.05) is 31.2 Å². The van der Waals surface area contributed by atoms with E-state index in [0.717, 1.165) is 6.29 Å². The highest BCUT2D eigenvalue weighted by Crippen LogP contribution is 2.27. The van der Waals surface area contributed by atoms with Crippen LogP contribution in [-0.4, -0.2) is 37.0 Å². The van der Waals surface area contributed by atoms with Crippen LogP contribution in [0.3, 0.4) is 0 Å². The Balaban J connectivity index is 3.21. The van der Waals surface area contributed by atoms with Crippen LogP contribution in [-0.2, 0) is 9.59 Å². The Hall–Kier alpha value is -2.40. The summed E-state index contributed by atoms with van der Waals surface area (Å²) in [6.07, 6.45) is 5.02. The van der Waals surface area contributed by atoms with Crippen LogP contribution in [0.15, 0.2) is 49.6 Å². The van der Waals surface area contributed by atoms with Crippen molar-refractivity contribution >= 4 is 17.9 Å². The van der Waals surface area contributed by atoms with Gasteiger partial charge in [-0.2, -0.15) is 4.59 Å². The Bertz CT molecular complexity index is 574. The van der Waals surface area contributed by atoms with Gasteiger partial charge in [0.2, 0.25) is 0 Å². The van der Waals surface area contributed by atoms with Gasteiger partial charge in [0.1, 0.15) is 30.8 Å². The van der Waals surface area contributed by atoms with Gasteiger partial charge in [0.05, 0.1) is 13.5 Å². The lowest BCUT2D eigenvalue weighted by Crippen LogP contribution is -2.57. The van der Waals surface area contributed by atoms with E-state index in [-0.39, 0.29) is 22.8 Å². The molecule has 1 aromatic carbocycles. The molecule has 1 aromatic rings. The molecule has 1 N–H and O–H groups in total. The zero-order chi connectivity index (χ0) is 18.0. The smallest absolute Gasteiger partial charge is 0.339 e. The van der Waals surface area contributed by atoms with Crippen molar-refractivity contribution in [1.82, 2.24) is 0 Å². The van der Waals surface area contributed by atoms with Crippen LogP contribution in [0.5, 0.6) is 5.75 Å². The summed E-state index contributed by atoms with van der Waals surface area (Å²) in [5, 5.41) is 0. The minimum Gasteiger partial charge on any atom is -0.494 e. The summed E-state index contributed by atoms with van der Waals surface area (Å²) in [4.78, 5) is 24.1. The first kappa shape index (κ1) is 19.6. The summed E-state index contributed by atoms with van der Waals surface area (Å²) in [5.41, 5.74) is 3.98. The maximum atomic E-state index is 13.0. The second-order valence-corrected chi connectivity index (χ2v) is 5.62. The average Bonchev–Trinajstić information content (AvgIpc) is 2.60. The Kier molecular flexibility index (Phi) is 7.92. The minimum absolute atomic E-state index is 0.0837. The Morgan fingerprint density at radius 3 is 2.42 bits per heavy atom. The van der Waals surface area contributed by atoms with Gasteiger partial charge in [0.15, 0.2) is 0 Å². The van der Waals surface area contributed by atoms with E-state index < -0.39 is 0 Å². The molecule has 5 heteroatoms. The fourth-order valence-corrected chi connectivity index (χ4v) is 2.53. The second kappa shape index (κ2) is 9.67. The Morgan fingerprint density at radius 2 is 1.92 bits per heavy atom. The minimum atomic E-state index is -0.288. The first-order valence-corrected chi connectivity index (χ1v) is 8.05. The predicted molar refractivity (Wildman–Crippen MR) is 96.5 cm³/mol. The summed E-state index contributed by atoms with van der Waals surface area (Å²) >= 11 is 0. The first-order chi connectivity index (χ1) is 11.6. The number of carbonyl (C=O) groups is 2. The molecule has 0 aliphatic carbocycles. The average molecular weight is 331 g/mol. The molecule has 1 amide bonds. The topological polar surface area (TPSA) is 55.4 Å². The number of rotatable bonds is 11. The third-order valence-electron chi connectivity index (χ3n) is 3.95. The SMILES string of the molecule is C=CC[N+](CC=C)(Nc1ccccc1OC)C(=O)CC(C=O)CC. The lowest BCUT2D eigenvalue weighted by molar-refractivity contribution is -0.821. The summed E-state index contributed by atoms with van der Waals surface area (Å²) in [6.45, 7) is 10.2. The maximum Gasteiger partial charge on any atom is 0.339 e. The van der Waals surface area contributed by atoms with Gasteiger partial charge in [-0.15, -0.1) is 0 Å². The molecule has 24 heavy (non-hydrogen) atoms. The molecule has 1 unspecified atom stereocenters. The number of hydrogen-bond donors (Lipinski definition) is 1. The van der Waals surface area contributed by atoms with Crippen molar-refractivity contribution in [1.29, 1.82) is 0 Å². The highest BCUT2D eigenvalue weighted by atomic mass is 16.5. The van der Waals surface area contributed by atoms with E-state index in [2.05, 4.69) is 18.6 Å². The third kappa shape index (κ3) is 4.80. The third-order valence-corrected chi connectivity index (χ3v) is 3.95. The summed E-state index contributed by atoms with van der Waals surface area (Å²) < 4.78 is 5.27. The molecule has 0 aliphatic rings. The van der Waals surface area contributed by atoms with Crippen LogP contribution in [0.25, 0.3) is 0 Å². The second-order valence-electron chi connectivity index (χ2n) is 5.62. The monoisotopic (exact) mass is 331 g/mol. The number of ether oxygens (including phenoxy) is 1. The van der Waals surface area contributed by atoms with Gasteiger partial charge in [0, 0.05) is 5.92 Å². The maximum absolute atomic E-state index is 13.0. The normalized spacial score (nSPS) is 12.1. The number of amides is 1. The molecule has 0 radical (unpaired) electrons. The van der Waals surface area contributed by atoms with E-state index >= 15 is 0 Å². The van der Waals surface area contributed by atoms with Crippen molar-refractivity contribution in [2.75, 3.05) is 25.6 Å². The molecular weight excluding hydrogens is 304 g/mol. The predicted octanol–water partition coefficient (Wildman–Crippen LogP) is 3.35. The van der Waals surface area contributed by atoms with E-state index in [1.165, 1.54) is 0 Å². The number of carbonyl (C=O) groups excluding carboxylic acids is 2. The molecule has 0 aliphatic heterocycles. The number of benzene rings is 1. The number of nitrogens with zero attached hydrogens (tertiary/aromatic N) is 1. The molecule has 130 valence electrons. The molecular formula is C19H27N2O3+. The van der Waals surface area contributed by atoms with Crippen LogP contribution in [0.2, 0.25) is 0 Å². The van der Waals surface area contributed by atoms with Crippen molar-refractivity contribution < 1.29 is 18.9 Å². The quantitative estimate of drug-likeness (QED) is 0.292. The van der Waals surface area contributed by atoms with Gasteiger partial charge in [-0.1, -0.05) is 32.2 Å². The lowest BCUT2D eigenvalue weighted by Gasteiger charge is -2.35. The fraction of sp³-hybridized carbons (Fsp3) is 0.368. The van der Waals surface area contributed by atoms with E-state index in [9.17, 15) is 9.59 Å². The zero-order valence-electron chi connectivity index (χ0n) is 14.5. The van der Waals surface area contributed by atoms with E-state index in [4.69, 9.17) is 4.74 Å². The van der Waals surface area contributed by atoms with Crippen LogP contribution in [0.1, 0.15) is 19.8 Å². The molecule has 0 aromatic heterocycles. The molecule has 1 rings (SSSR count). The van der Waals surface area contributed by atoms with Crippen molar-refractivity contribution in [2.45, 2.75) is 19.8 Å². The van der Waals surface area contributed by atoms with Gasteiger partial charge in [-0.3, -0.25) is 0 Å². The highest BCUT2D eigenvalue weighted by Gasteiger charge is 2.37. The van der Waals surface area contributed by atoms with Gasteiger partial charge < -0.3 is 9.53 Å². The molecule has 0 bridgehead atoms. The fourth-order valence-electron chi connectivity index (χ4n) is 2.53. The number of quaternary nitrogens is 1. The van der Waals surface area contributed by atoms with Gasteiger partial charge in [-0.05, 0) is 30.7 Å². The number of anilines is 1. The van der Waals surface area contributed by atoms with Crippen molar-refractivity contribution in [2.24, 2.45) is 5.92 Å². The number of nitrogens with one attached hydrogen (secondary N) is 1. The van der Waals surface area contributed by atoms with Crippen LogP contribution >= 0.6 is 0 Å².